The zero-order valence-corrected chi connectivity index (χ0v) is 16.9. The van der Waals surface area contributed by atoms with Crippen LogP contribution in [-0.4, -0.2) is 39.7 Å². The summed E-state index contributed by atoms with van der Waals surface area (Å²) in [7, 11) is 0. The van der Waals surface area contributed by atoms with Gasteiger partial charge in [-0.15, -0.1) is 0 Å². The van der Waals surface area contributed by atoms with Gasteiger partial charge in [0.2, 0.25) is 0 Å². The molecule has 0 aliphatic heterocycles. The predicted octanol–water partition coefficient (Wildman–Crippen LogP) is 2.42. The Balaban J connectivity index is 2.16. The molecule has 2 aromatic rings. The number of aromatic hydroxyl groups is 2. The molecular formula is C21H24N2O5S. The van der Waals surface area contributed by atoms with Gasteiger partial charge in [0.1, 0.15) is 11.0 Å². The molecule has 0 aliphatic rings. The number of esters is 1. The largest absolute Gasteiger partial charge is 0.504 e. The van der Waals surface area contributed by atoms with Crippen LogP contribution in [0.2, 0.25) is 0 Å². The minimum absolute atomic E-state index is 0.0928. The number of phenols is 2. The number of hydrogen-bond acceptors (Lipinski definition) is 6. The van der Waals surface area contributed by atoms with Gasteiger partial charge in [0.05, 0.1) is 6.61 Å². The molecule has 0 saturated carbocycles. The minimum Gasteiger partial charge on any atom is -0.504 e. The van der Waals surface area contributed by atoms with Crippen LogP contribution in [0.15, 0.2) is 42.5 Å². The molecule has 0 radical (unpaired) electrons. The molecule has 1 atom stereocenters. The van der Waals surface area contributed by atoms with Crippen LogP contribution in [-0.2, 0) is 16.0 Å². The molecular weight excluding hydrogens is 392 g/mol. The molecule has 154 valence electrons. The van der Waals surface area contributed by atoms with Crippen molar-refractivity contribution >= 4 is 29.1 Å². The predicted molar refractivity (Wildman–Crippen MR) is 113 cm³/mol. The van der Waals surface area contributed by atoms with Crippen LogP contribution >= 0.6 is 12.2 Å². The highest BCUT2D eigenvalue weighted by Gasteiger charge is 2.24. The number of nitrogens with one attached hydrogen (secondary N) is 1. The molecule has 0 aromatic heterocycles. The maximum atomic E-state index is 12.6. The van der Waals surface area contributed by atoms with E-state index in [4.69, 9.17) is 22.7 Å². The standard InChI is InChI=1S/C21H24N2O5S/c1-2-3-10-28-21(27)16(11-13-4-9-17(24)18(25)12-13)23-20(26)15-7-5-14(6-8-15)19(22)29/h4-9,12,16,24-25H,2-3,10-11H2,1H3,(H2,22,29)(H,23,26). The number of phenolic OH excluding ortho intramolecular Hbond substituents is 2. The molecule has 7 nitrogen and oxygen atoms in total. The topological polar surface area (TPSA) is 122 Å². The third-order valence-electron chi connectivity index (χ3n) is 4.24. The van der Waals surface area contributed by atoms with Gasteiger partial charge in [0.25, 0.3) is 5.91 Å². The van der Waals surface area contributed by atoms with Gasteiger partial charge in [-0.1, -0.05) is 43.8 Å². The van der Waals surface area contributed by atoms with Crippen molar-refractivity contribution < 1.29 is 24.5 Å². The van der Waals surface area contributed by atoms with E-state index in [1.807, 2.05) is 6.92 Å². The second-order valence-corrected chi connectivity index (χ2v) is 6.96. The van der Waals surface area contributed by atoms with Crippen LogP contribution in [0, 0.1) is 0 Å². The maximum Gasteiger partial charge on any atom is 0.328 e. The lowest BCUT2D eigenvalue weighted by atomic mass is 10.0. The van der Waals surface area contributed by atoms with E-state index in [0.29, 0.717) is 23.1 Å². The lowest BCUT2D eigenvalue weighted by Crippen LogP contribution is -2.43. The number of benzene rings is 2. The van der Waals surface area contributed by atoms with E-state index in [-0.39, 0.29) is 29.5 Å². The summed E-state index contributed by atoms with van der Waals surface area (Å²) in [5, 5.41) is 21.8. The van der Waals surface area contributed by atoms with Crippen molar-refractivity contribution in [3.05, 3.63) is 59.2 Å². The SMILES string of the molecule is CCCCOC(=O)C(Cc1ccc(O)c(O)c1)NC(=O)c1ccc(C(N)=S)cc1. The number of nitrogens with two attached hydrogens (primary N) is 1. The van der Waals surface area contributed by atoms with Gasteiger partial charge in [0, 0.05) is 17.5 Å². The molecule has 0 bridgehead atoms. The Hall–Kier alpha value is -3.13. The van der Waals surface area contributed by atoms with Gasteiger partial charge >= 0.3 is 5.97 Å². The van der Waals surface area contributed by atoms with Crippen LogP contribution in [0.4, 0.5) is 0 Å². The Labute approximate surface area is 174 Å². The lowest BCUT2D eigenvalue weighted by Gasteiger charge is -2.18. The van der Waals surface area contributed by atoms with Crippen molar-refractivity contribution in [2.45, 2.75) is 32.2 Å². The van der Waals surface area contributed by atoms with Crippen molar-refractivity contribution in [3.8, 4) is 11.5 Å². The fourth-order valence-corrected chi connectivity index (χ4v) is 2.71. The highest BCUT2D eigenvalue weighted by atomic mass is 32.1. The van der Waals surface area contributed by atoms with Crippen molar-refractivity contribution in [1.82, 2.24) is 5.32 Å². The maximum absolute atomic E-state index is 12.6. The number of rotatable bonds is 9. The highest BCUT2D eigenvalue weighted by Crippen LogP contribution is 2.25. The average Bonchev–Trinajstić information content (AvgIpc) is 2.70. The number of hydrogen-bond donors (Lipinski definition) is 4. The Morgan fingerprint density at radius 2 is 1.76 bits per heavy atom. The number of carbonyl (C=O) groups is 2. The second-order valence-electron chi connectivity index (χ2n) is 6.52. The molecule has 5 N–H and O–H groups in total. The summed E-state index contributed by atoms with van der Waals surface area (Å²) in [5.41, 5.74) is 7.08. The molecule has 0 saturated heterocycles. The molecule has 2 rings (SSSR count). The Morgan fingerprint density at radius 3 is 2.34 bits per heavy atom. The number of ether oxygens (including phenoxy) is 1. The summed E-state index contributed by atoms with van der Waals surface area (Å²) in [5.74, 6) is -1.60. The first kappa shape index (κ1) is 22.2. The molecule has 0 fully saturated rings. The number of carbonyl (C=O) groups excluding carboxylic acids is 2. The van der Waals surface area contributed by atoms with E-state index in [1.54, 1.807) is 30.3 Å². The zero-order valence-electron chi connectivity index (χ0n) is 16.1. The normalized spacial score (nSPS) is 11.5. The second kappa shape index (κ2) is 10.4. The Kier molecular flexibility index (Phi) is 7.97. The summed E-state index contributed by atoms with van der Waals surface area (Å²) < 4.78 is 5.26. The van der Waals surface area contributed by atoms with Crippen LogP contribution < -0.4 is 11.1 Å². The van der Waals surface area contributed by atoms with Gasteiger partial charge in [-0.2, -0.15) is 0 Å². The van der Waals surface area contributed by atoms with E-state index in [9.17, 15) is 19.8 Å². The third kappa shape index (κ3) is 6.46. The van der Waals surface area contributed by atoms with Gasteiger partial charge < -0.3 is 26.0 Å². The molecule has 0 heterocycles. The molecule has 0 spiro atoms. The van der Waals surface area contributed by atoms with E-state index in [1.165, 1.54) is 12.1 Å². The summed E-state index contributed by atoms with van der Waals surface area (Å²) in [6, 6.07) is 9.65. The zero-order chi connectivity index (χ0) is 21.4. The first-order valence-electron chi connectivity index (χ1n) is 9.20. The average molecular weight is 416 g/mol. The quantitative estimate of drug-likeness (QED) is 0.214. The smallest absolute Gasteiger partial charge is 0.328 e. The van der Waals surface area contributed by atoms with E-state index in [0.717, 1.165) is 6.42 Å². The molecule has 29 heavy (non-hydrogen) atoms. The van der Waals surface area contributed by atoms with Crippen LogP contribution in [0.25, 0.3) is 0 Å². The molecule has 0 aliphatic carbocycles. The number of unbranched alkanes of at least 4 members (excludes halogenated alkanes) is 1. The van der Waals surface area contributed by atoms with Crippen molar-refractivity contribution in [3.63, 3.8) is 0 Å². The first-order valence-corrected chi connectivity index (χ1v) is 9.60. The summed E-state index contributed by atoms with van der Waals surface area (Å²) in [6.07, 6.45) is 1.67. The summed E-state index contributed by atoms with van der Waals surface area (Å²) in [4.78, 5) is 25.3. The Bertz CT molecular complexity index is 883. The lowest BCUT2D eigenvalue weighted by molar-refractivity contribution is -0.146. The van der Waals surface area contributed by atoms with E-state index >= 15 is 0 Å². The number of thiocarbonyl (C=S) groups is 1. The Morgan fingerprint density at radius 1 is 1.10 bits per heavy atom. The molecule has 1 amide bonds. The van der Waals surface area contributed by atoms with E-state index in [2.05, 4.69) is 5.32 Å². The number of amides is 1. The first-order chi connectivity index (χ1) is 13.8. The molecule has 1 unspecified atom stereocenters. The van der Waals surface area contributed by atoms with Crippen molar-refractivity contribution in [2.24, 2.45) is 5.73 Å². The molecule has 2 aromatic carbocycles. The van der Waals surface area contributed by atoms with Gasteiger partial charge in [-0.05, 0) is 36.2 Å². The van der Waals surface area contributed by atoms with Crippen molar-refractivity contribution in [1.29, 1.82) is 0 Å². The van der Waals surface area contributed by atoms with Crippen molar-refractivity contribution in [2.75, 3.05) is 6.61 Å². The summed E-state index contributed by atoms with van der Waals surface area (Å²) >= 11 is 4.90. The van der Waals surface area contributed by atoms with E-state index < -0.39 is 17.9 Å². The minimum atomic E-state index is -0.960. The van der Waals surface area contributed by atoms with Crippen LogP contribution in [0.1, 0.15) is 41.3 Å². The monoisotopic (exact) mass is 416 g/mol. The third-order valence-corrected chi connectivity index (χ3v) is 4.48. The molecule has 8 heteroatoms. The van der Waals surface area contributed by atoms with Gasteiger partial charge in [-0.25, -0.2) is 4.79 Å². The van der Waals surface area contributed by atoms with Gasteiger partial charge in [-0.3, -0.25) is 4.79 Å². The highest BCUT2D eigenvalue weighted by molar-refractivity contribution is 7.80. The van der Waals surface area contributed by atoms with Gasteiger partial charge in [0.15, 0.2) is 11.5 Å². The van der Waals surface area contributed by atoms with Crippen LogP contribution in [0.5, 0.6) is 11.5 Å². The fourth-order valence-electron chi connectivity index (χ4n) is 2.57. The fraction of sp³-hybridized carbons (Fsp3) is 0.286. The summed E-state index contributed by atoms with van der Waals surface area (Å²) in [6.45, 7) is 2.23. The van der Waals surface area contributed by atoms with Crippen LogP contribution in [0.3, 0.4) is 0 Å².